The first-order chi connectivity index (χ1) is 15.9. The van der Waals surface area contributed by atoms with E-state index < -0.39 is 8.32 Å². The number of hydrogen-bond donors (Lipinski definition) is 0. The first-order valence-electron chi connectivity index (χ1n) is 13.6. The van der Waals surface area contributed by atoms with E-state index in [9.17, 15) is 4.79 Å². The van der Waals surface area contributed by atoms with Crippen molar-refractivity contribution in [3.8, 4) is 5.75 Å². The summed E-state index contributed by atoms with van der Waals surface area (Å²) in [5, 5.41) is 0.198. The Morgan fingerprint density at radius 1 is 1.15 bits per heavy atom. The molecule has 3 aliphatic rings. The zero-order chi connectivity index (χ0) is 24.9. The maximum Gasteiger partial charge on any atom is 0.330 e. The van der Waals surface area contributed by atoms with E-state index in [1.54, 1.807) is 5.56 Å². The molecule has 0 heterocycles. The van der Waals surface area contributed by atoms with Crippen molar-refractivity contribution in [1.82, 2.24) is 0 Å². The molecular formula is C30H46O3Si. The Morgan fingerprint density at radius 2 is 1.88 bits per heavy atom. The Kier molecular flexibility index (Phi) is 6.87. The van der Waals surface area contributed by atoms with Crippen LogP contribution in [0.5, 0.6) is 5.75 Å². The number of benzene rings is 1. The van der Waals surface area contributed by atoms with E-state index >= 15 is 0 Å². The van der Waals surface area contributed by atoms with Gasteiger partial charge >= 0.3 is 5.97 Å². The largest absolute Gasteiger partial charge is 0.543 e. The molecule has 0 aliphatic heterocycles. The smallest absolute Gasteiger partial charge is 0.330 e. The molecule has 3 aliphatic carbocycles. The van der Waals surface area contributed by atoms with Gasteiger partial charge < -0.3 is 9.16 Å². The minimum Gasteiger partial charge on any atom is -0.543 e. The molecule has 4 atom stereocenters. The number of ether oxygens (including phenoxy) is 1. The Hall–Kier alpha value is -1.55. The molecule has 3 unspecified atom stereocenters. The van der Waals surface area contributed by atoms with Crippen LogP contribution in [0.3, 0.4) is 0 Å². The van der Waals surface area contributed by atoms with Crippen LogP contribution in [0.15, 0.2) is 23.8 Å². The highest BCUT2D eigenvalue weighted by Gasteiger charge is 2.52. The first kappa shape index (κ1) is 25.5. The predicted molar refractivity (Wildman–Crippen MR) is 143 cm³/mol. The minimum absolute atomic E-state index is 0.155. The molecule has 0 radical (unpaired) electrons. The molecule has 0 aromatic heterocycles. The van der Waals surface area contributed by atoms with Gasteiger partial charge in [0.2, 0.25) is 8.32 Å². The number of esters is 1. The molecule has 0 spiro atoms. The topological polar surface area (TPSA) is 35.5 Å². The highest BCUT2D eigenvalue weighted by Crippen LogP contribution is 2.63. The van der Waals surface area contributed by atoms with Gasteiger partial charge in [-0.2, -0.15) is 0 Å². The Morgan fingerprint density at radius 3 is 2.53 bits per heavy atom. The van der Waals surface area contributed by atoms with Gasteiger partial charge in [0.1, 0.15) is 5.75 Å². The second kappa shape index (κ2) is 9.15. The number of allylic oxidation sites excluding steroid dienone is 1. The van der Waals surface area contributed by atoms with E-state index in [1.165, 1.54) is 42.4 Å². The molecule has 4 heteroatoms. The van der Waals surface area contributed by atoms with Gasteiger partial charge in [-0.1, -0.05) is 46.3 Å². The van der Waals surface area contributed by atoms with Crippen LogP contribution >= 0.6 is 0 Å². The second-order valence-corrected chi connectivity index (χ2v) is 17.4. The van der Waals surface area contributed by atoms with Gasteiger partial charge in [-0.15, -0.1) is 0 Å². The summed E-state index contributed by atoms with van der Waals surface area (Å²) < 4.78 is 12.1. The molecule has 34 heavy (non-hydrogen) atoms. The van der Waals surface area contributed by atoms with Gasteiger partial charge in [0.25, 0.3) is 0 Å². The second-order valence-electron chi connectivity index (χ2n) is 12.7. The van der Waals surface area contributed by atoms with Crippen molar-refractivity contribution in [2.45, 2.75) is 111 Å². The Labute approximate surface area is 208 Å². The van der Waals surface area contributed by atoms with Crippen LogP contribution in [0.25, 0.3) is 0 Å². The van der Waals surface area contributed by atoms with E-state index in [4.69, 9.17) is 9.16 Å². The summed E-state index contributed by atoms with van der Waals surface area (Å²) in [7, 11) is -1.87. The molecule has 4 rings (SSSR count). The van der Waals surface area contributed by atoms with E-state index in [0.29, 0.717) is 18.4 Å². The van der Waals surface area contributed by atoms with E-state index in [1.807, 2.05) is 13.0 Å². The lowest BCUT2D eigenvalue weighted by Crippen LogP contribution is -2.44. The lowest BCUT2D eigenvalue weighted by Gasteiger charge is -2.50. The van der Waals surface area contributed by atoms with Crippen LogP contribution in [0.1, 0.15) is 96.3 Å². The zero-order valence-corrected chi connectivity index (χ0v) is 23.8. The number of aryl methyl sites for hydroxylation is 2. The fourth-order valence-electron chi connectivity index (χ4n) is 6.86. The number of carbonyl (C=O) groups is 1. The van der Waals surface area contributed by atoms with Crippen LogP contribution < -0.4 is 4.43 Å². The van der Waals surface area contributed by atoms with Gasteiger partial charge in [0.15, 0.2) is 0 Å². The summed E-state index contributed by atoms with van der Waals surface area (Å²) in [6.07, 6.45) is 9.92. The van der Waals surface area contributed by atoms with E-state index in [-0.39, 0.29) is 16.4 Å². The van der Waals surface area contributed by atoms with Gasteiger partial charge in [0, 0.05) is 6.08 Å². The number of carbonyl (C=O) groups excluding carboxylic acids is 1. The molecule has 1 aromatic rings. The van der Waals surface area contributed by atoms with Crippen LogP contribution in [0, 0.1) is 17.3 Å². The number of rotatable bonds is 5. The summed E-state index contributed by atoms with van der Waals surface area (Å²) in [5.41, 5.74) is 6.00. The van der Waals surface area contributed by atoms with Gasteiger partial charge in [-0.25, -0.2) is 4.79 Å². The summed E-state index contributed by atoms with van der Waals surface area (Å²) in [4.78, 5) is 12.2. The number of hydrogen-bond acceptors (Lipinski definition) is 3. The molecule has 2 saturated carbocycles. The average Bonchev–Trinajstić information content (AvgIpc) is 3.08. The van der Waals surface area contributed by atoms with Crippen LogP contribution in [-0.2, 0) is 22.4 Å². The maximum absolute atomic E-state index is 12.2. The Bertz CT molecular complexity index is 970. The zero-order valence-electron chi connectivity index (χ0n) is 22.8. The molecule has 0 amide bonds. The van der Waals surface area contributed by atoms with Crippen molar-refractivity contribution >= 4 is 14.3 Å². The third-order valence-corrected chi connectivity index (χ3v) is 14.2. The molecule has 188 valence electrons. The summed E-state index contributed by atoms with van der Waals surface area (Å²) in [6.45, 7) is 18.7. The van der Waals surface area contributed by atoms with Crippen molar-refractivity contribution in [2.75, 3.05) is 6.61 Å². The maximum atomic E-state index is 12.2. The summed E-state index contributed by atoms with van der Waals surface area (Å²) in [5.74, 6) is 3.03. The van der Waals surface area contributed by atoms with Gasteiger partial charge in [-0.3, -0.25) is 0 Å². The van der Waals surface area contributed by atoms with Crippen LogP contribution in [0.4, 0.5) is 0 Å². The third kappa shape index (κ3) is 4.40. The molecule has 2 fully saturated rings. The van der Waals surface area contributed by atoms with Crippen LogP contribution in [-0.4, -0.2) is 20.9 Å². The highest BCUT2D eigenvalue weighted by molar-refractivity contribution is 6.74. The first-order valence-corrected chi connectivity index (χ1v) is 16.5. The van der Waals surface area contributed by atoms with E-state index in [2.05, 4.69) is 59.8 Å². The fraction of sp³-hybridized carbons (Fsp3) is 0.700. The molecule has 0 bridgehead atoms. The normalized spacial score (nSPS) is 29.9. The van der Waals surface area contributed by atoms with Crippen molar-refractivity contribution in [3.05, 3.63) is 40.5 Å². The van der Waals surface area contributed by atoms with Crippen molar-refractivity contribution in [1.29, 1.82) is 0 Å². The lowest BCUT2D eigenvalue weighted by molar-refractivity contribution is -0.137. The third-order valence-electron chi connectivity index (χ3n) is 9.88. The fourth-order valence-corrected chi connectivity index (χ4v) is 7.90. The SMILES string of the molecule is CCOC(=O)/C=C1\CCC2C3CCc4cc(O[Si](C)(C)C(C)(C)C)c(CC)cc4C3CC[C@]12C. The Balaban J connectivity index is 1.62. The molecule has 1 aromatic carbocycles. The van der Waals surface area contributed by atoms with Crippen molar-refractivity contribution < 1.29 is 14.0 Å². The molecule has 3 nitrogen and oxygen atoms in total. The monoisotopic (exact) mass is 482 g/mol. The quantitative estimate of drug-likeness (QED) is 0.242. The average molecular weight is 483 g/mol. The standard InChI is InChI=1S/C30H46O3Si/c1-9-20-17-25-21(18-27(20)33-34(7,8)29(3,4)5)11-13-24-23(25)15-16-30(6)22(12-14-26(24)30)19-28(31)32-10-2/h17-19,23-24,26H,9-16H2,1-8H3/b22-19+/t23?,24?,26?,30-/m1/s1. The van der Waals surface area contributed by atoms with E-state index in [0.717, 1.165) is 30.9 Å². The molecular weight excluding hydrogens is 436 g/mol. The predicted octanol–water partition coefficient (Wildman–Crippen LogP) is 7.98. The minimum atomic E-state index is -1.87. The molecule has 0 N–H and O–H groups in total. The lowest BCUT2D eigenvalue weighted by atomic mass is 9.55. The van der Waals surface area contributed by atoms with Gasteiger partial charge in [-0.05, 0) is 116 Å². The number of fused-ring (bicyclic) bond motifs is 5. The van der Waals surface area contributed by atoms with Crippen molar-refractivity contribution in [3.63, 3.8) is 0 Å². The van der Waals surface area contributed by atoms with Crippen LogP contribution in [0.2, 0.25) is 18.1 Å². The van der Waals surface area contributed by atoms with Gasteiger partial charge in [0.05, 0.1) is 6.61 Å². The summed E-state index contributed by atoms with van der Waals surface area (Å²) in [6, 6.07) is 4.93. The highest BCUT2D eigenvalue weighted by atomic mass is 28.4. The molecule has 0 saturated heterocycles. The van der Waals surface area contributed by atoms with Crippen molar-refractivity contribution in [2.24, 2.45) is 17.3 Å². The summed E-state index contributed by atoms with van der Waals surface area (Å²) >= 11 is 0.